The van der Waals surface area contributed by atoms with E-state index in [1.165, 1.54) is 24.5 Å². The Bertz CT molecular complexity index is 557. The number of non-ortho nitro benzene ring substituents is 1. The lowest BCUT2D eigenvalue weighted by Crippen LogP contribution is -1.93. The second-order valence-corrected chi connectivity index (χ2v) is 2.90. The van der Waals surface area contributed by atoms with Gasteiger partial charge in [0.1, 0.15) is 0 Å². The van der Waals surface area contributed by atoms with E-state index in [1.807, 2.05) is 0 Å². The molecule has 76 valence electrons. The summed E-state index contributed by atoms with van der Waals surface area (Å²) < 4.78 is 4.79. The quantitative estimate of drug-likeness (QED) is 0.600. The lowest BCUT2D eigenvalue weighted by atomic mass is 10.1. The molecule has 2 rings (SSSR count). The summed E-state index contributed by atoms with van der Waals surface area (Å²) in [4.78, 5) is 20.6. The molecular formula is C9H5NO5. The third kappa shape index (κ3) is 1.41. The van der Waals surface area contributed by atoms with Crippen LogP contribution in [0.1, 0.15) is 10.6 Å². The number of hydrogen-bond acceptors (Lipinski definition) is 4. The molecule has 0 amide bonds. The molecule has 0 aliphatic heterocycles. The van der Waals surface area contributed by atoms with Crippen molar-refractivity contribution < 1.29 is 19.2 Å². The van der Waals surface area contributed by atoms with Crippen molar-refractivity contribution in [1.29, 1.82) is 0 Å². The van der Waals surface area contributed by atoms with Crippen LogP contribution in [0, 0.1) is 10.1 Å². The summed E-state index contributed by atoms with van der Waals surface area (Å²) in [6, 6.07) is 3.87. The normalized spacial score (nSPS) is 10.4. The first-order valence-electron chi connectivity index (χ1n) is 3.98. The van der Waals surface area contributed by atoms with Crippen molar-refractivity contribution in [3.8, 4) is 0 Å². The molecule has 0 radical (unpaired) electrons. The van der Waals surface area contributed by atoms with Gasteiger partial charge in [0.15, 0.2) is 0 Å². The maximum atomic E-state index is 10.7. The predicted octanol–water partition coefficient (Wildman–Crippen LogP) is 2.04. The van der Waals surface area contributed by atoms with Gasteiger partial charge >= 0.3 is 5.97 Å². The van der Waals surface area contributed by atoms with Crippen molar-refractivity contribution in [2.24, 2.45) is 0 Å². The number of fused-ring (bicyclic) bond motifs is 1. The maximum absolute atomic E-state index is 10.7. The zero-order valence-corrected chi connectivity index (χ0v) is 7.34. The average molecular weight is 207 g/mol. The summed E-state index contributed by atoms with van der Waals surface area (Å²) in [6.45, 7) is 0. The van der Waals surface area contributed by atoms with Gasteiger partial charge in [-0.2, -0.15) is 0 Å². The molecule has 1 N–H and O–H groups in total. The summed E-state index contributed by atoms with van der Waals surface area (Å²) in [7, 11) is 0. The minimum absolute atomic E-state index is 0.0970. The molecule has 0 aliphatic carbocycles. The molecule has 0 bridgehead atoms. The summed E-state index contributed by atoms with van der Waals surface area (Å²) in [6.07, 6.45) is 1.19. The number of carboxylic acids is 1. The van der Waals surface area contributed by atoms with Crippen LogP contribution in [0.3, 0.4) is 0 Å². The Morgan fingerprint density at radius 2 is 2.20 bits per heavy atom. The number of carbonyl (C=O) groups is 1. The SMILES string of the molecule is O=C(O)c1occ2cc([N+](=O)[O-])ccc12. The highest BCUT2D eigenvalue weighted by Crippen LogP contribution is 2.25. The molecule has 0 aliphatic rings. The van der Waals surface area contributed by atoms with Crippen LogP contribution in [0.25, 0.3) is 10.8 Å². The third-order valence-electron chi connectivity index (χ3n) is 1.99. The van der Waals surface area contributed by atoms with E-state index in [9.17, 15) is 14.9 Å². The van der Waals surface area contributed by atoms with Crippen molar-refractivity contribution in [3.05, 3.63) is 40.3 Å². The molecule has 6 heteroatoms. The van der Waals surface area contributed by atoms with Gasteiger partial charge < -0.3 is 9.52 Å². The second-order valence-electron chi connectivity index (χ2n) is 2.90. The average Bonchev–Trinajstić information content (AvgIpc) is 2.59. The predicted molar refractivity (Wildman–Crippen MR) is 49.8 cm³/mol. The van der Waals surface area contributed by atoms with Gasteiger partial charge in [-0.25, -0.2) is 4.79 Å². The summed E-state index contributed by atoms with van der Waals surface area (Å²) in [5, 5.41) is 19.9. The molecule has 1 heterocycles. The molecule has 0 saturated carbocycles. The molecule has 6 nitrogen and oxygen atoms in total. The first-order chi connectivity index (χ1) is 7.09. The largest absolute Gasteiger partial charge is 0.475 e. The Morgan fingerprint density at radius 3 is 2.80 bits per heavy atom. The fraction of sp³-hybridized carbons (Fsp3) is 0. The fourth-order valence-electron chi connectivity index (χ4n) is 1.32. The van der Waals surface area contributed by atoms with E-state index in [-0.39, 0.29) is 11.4 Å². The molecular weight excluding hydrogens is 202 g/mol. The van der Waals surface area contributed by atoms with Gasteiger partial charge in [0.05, 0.1) is 11.2 Å². The van der Waals surface area contributed by atoms with Gasteiger partial charge in [0.25, 0.3) is 5.69 Å². The van der Waals surface area contributed by atoms with E-state index >= 15 is 0 Å². The number of aromatic carboxylic acids is 1. The van der Waals surface area contributed by atoms with Gasteiger partial charge in [-0.3, -0.25) is 10.1 Å². The van der Waals surface area contributed by atoms with E-state index in [2.05, 4.69) is 0 Å². The fourth-order valence-corrected chi connectivity index (χ4v) is 1.32. The lowest BCUT2D eigenvalue weighted by Gasteiger charge is -1.91. The van der Waals surface area contributed by atoms with Gasteiger partial charge in [0.2, 0.25) is 5.76 Å². The second kappa shape index (κ2) is 3.09. The first kappa shape index (κ1) is 9.20. The Kier molecular flexibility index (Phi) is 1.89. The smallest absolute Gasteiger partial charge is 0.372 e. The van der Waals surface area contributed by atoms with E-state index in [0.717, 1.165) is 0 Å². The Morgan fingerprint density at radius 1 is 1.47 bits per heavy atom. The summed E-state index contributed by atoms with van der Waals surface area (Å²) >= 11 is 0. The molecule has 0 unspecified atom stereocenters. The zero-order valence-electron chi connectivity index (χ0n) is 7.34. The molecule has 0 fully saturated rings. The van der Waals surface area contributed by atoms with Crippen molar-refractivity contribution in [1.82, 2.24) is 0 Å². The van der Waals surface area contributed by atoms with E-state index in [0.29, 0.717) is 10.8 Å². The van der Waals surface area contributed by atoms with E-state index in [1.54, 1.807) is 0 Å². The van der Waals surface area contributed by atoms with Gasteiger partial charge in [-0.05, 0) is 6.07 Å². The van der Waals surface area contributed by atoms with Crippen LogP contribution in [0.4, 0.5) is 5.69 Å². The molecule has 15 heavy (non-hydrogen) atoms. The summed E-state index contributed by atoms with van der Waals surface area (Å²) in [5.74, 6) is -1.40. The highest BCUT2D eigenvalue weighted by atomic mass is 16.6. The van der Waals surface area contributed by atoms with Crippen molar-refractivity contribution in [2.75, 3.05) is 0 Å². The molecule has 1 aromatic heterocycles. The number of benzene rings is 1. The standard InChI is InChI=1S/C9H5NO5/c11-9(12)8-7-2-1-6(10(13)14)3-5(7)4-15-8/h1-4H,(H,11,12). The highest BCUT2D eigenvalue weighted by Gasteiger charge is 2.15. The van der Waals surface area contributed by atoms with Crippen LogP contribution < -0.4 is 0 Å². The Hall–Kier alpha value is -2.37. The van der Waals surface area contributed by atoms with Crippen LogP contribution in [-0.2, 0) is 0 Å². The van der Waals surface area contributed by atoms with Crippen molar-refractivity contribution in [3.63, 3.8) is 0 Å². The number of rotatable bonds is 2. The number of nitro groups is 1. The Labute approximate surface area is 82.9 Å². The first-order valence-corrected chi connectivity index (χ1v) is 3.98. The number of carboxylic acid groups (broad SMARTS) is 1. The van der Waals surface area contributed by atoms with Gasteiger partial charge in [-0.1, -0.05) is 0 Å². The van der Waals surface area contributed by atoms with Gasteiger partial charge in [-0.15, -0.1) is 0 Å². The molecule has 0 saturated heterocycles. The van der Waals surface area contributed by atoms with Crippen LogP contribution >= 0.6 is 0 Å². The highest BCUT2D eigenvalue weighted by molar-refractivity contribution is 6.01. The van der Waals surface area contributed by atoms with Crippen LogP contribution in [0.5, 0.6) is 0 Å². The van der Waals surface area contributed by atoms with Crippen LogP contribution in [-0.4, -0.2) is 16.0 Å². The third-order valence-corrected chi connectivity index (χ3v) is 1.99. The molecule has 0 atom stereocenters. The van der Waals surface area contributed by atoms with Crippen LogP contribution in [0.2, 0.25) is 0 Å². The summed E-state index contributed by atoms with van der Waals surface area (Å²) in [5.41, 5.74) is -0.0970. The molecule has 0 spiro atoms. The number of nitro benzene ring substituents is 1. The Balaban J connectivity index is 2.66. The van der Waals surface area contributed by atoms with E-state index < -0.39 is 10.9 Å². The van der Waals surface area contributed by atoms with Crippen molar-refractivity contribution >= 4 is 22.4 Å². The monoisotopic (exact) mass is 207 g/mol. The van der Waals surface area contributed by atoms with Crippen molar-refractivity contribution in [2.45, 2.75) is 0 Å². The topological polar surface area (TPSA) is 93.6 Å². The maximum Gasteiger partial charge on any atom is 0.372 e. The zero-order chi connectivity index (χ0) is 11.0. The minimum Gasteiger partial charge on any atom is -0.475 e. The molecule has 1 aromatic carbocycles. The lowest BCUT2D eigenvalue weighted by molar-refractivity contribution is -0.384. The minimum atomic E-state index is -1.20. The number of furan rings is 1. The number of nitrogens with zero attached hydrogens (tertiary/aromatic N) is 1. The van der Waals surface area contributed by atoms with Gasteiger partial charge in [0, 0.05) is 22.9 Å². The van der Waals surface area contributed by atoms with Crippen LogP contribution in [0.15, 0.2) is 28.9 Å². The molecule has 2 aromatic rings. The number of hydrogen-bond donors (Lipinski definition) is 1. The van der Waals surface area contributed by atoms with E-state index in [4.69, 9.17) is 9.52 Å².